The summed E-state index contributed by atoms with van der Waals surface area (Å²) in [6.45, 7) is 2.07. The largest absolute Gasteiger partial charge is 0.353 e. The first-order chi connectivity index (χ1) is 10.7. The summed E-state index contributed by atoms with van der Waals surface area (Å²) in [6.07, 6.45) is 1.97. The topological polar surface area (TPSA) is 29.1 Å². The van der Waals surface area contributed by atoms with Gasteiger partial charge in [0.2, 0.25) is 5.91 Å². The van der Waals surface area contributed by atoms with Crippen LogP contribution < -0.4 is 5.32 Å². The number of benzene rings is 2. The van der Waals surface area contributed by atoms with Gasteiger partial charge in [-0.15, -0.1) is 11.8 Å². The second-order valence-electron chi connectivity index (χ2n) is 5.47. The van der Waals surface area contributed by atoms with Crippen molar-refractivity contribution in [3.63, 3.8) is 0 Å². The van der Waals surface area contributed by atoms with E-state index in [1.807, 2.05) is 24.3 Å². The highest BCUT2D eigenvalue weighted by atomic mass is 32.2. The van der Waals surface area contributed by atoms with Crippen molar-refractivity contribution in [2.24, 2.45) is 0 Å². The molecule has 0 unspecified atom stereocenters. The summed E-state index contributed by atoms with van der Waals surface area (Å²) in [4.78, 5) is 11.9. The third-order valence-corrected chi connectivity index (χ3v) is 4.46. The van der Waals surface area contributed by atoms with Gasteiger partial charge in [0.1, 0.15) is 0 Å². The maximum atomic E-state index is 11.9. The highest BCUT2D eigenvalue weighted by Crippen LogP contribution is 2.11. The van der Waals surface area contributed by atoms with Crippen LogP contribution in [0.1, 0.15) is 24.5 Å². The molecular formula is C19H23NOS. The van der Waals surface area contributed by atoms with E-state index in [-0.39, 0.29) is 11.9 Å². The van der Waals surface area contributed by atoms with Crippen LogP contribution in [-0.2, 0) is 17.0 Å². The Hall–Kier alpha value is -1.74. The summed E-state index contributed by atoms with van der Waals surface area (Å²) < 4.78 is 0. The van der Waals surface area contributed by atoms with Gasteiger partial charge in [0.25, 0.3) is 0 Å². The molecule has 1 amide bonds. The predicted octanol–water partition coefficient (Wildman–Crippen LogP) is 4.06. The van der Waals surface area contributed by atoms with Crippen molar-refractivity contribution in [2.75, 3.05) is 5.75 Å². The number of aryl methyl sites for hydroxylation is 1. The van der Waals surface area contributed by atoms with Crippen molar-refractivity contribution in [2.45, 2.75) is 31.6 Å². The lowest BCUT2D eigenvalue weighted by atomic mass is 10.1. The average Bonchev–Trinajstić information content (AvgIpc) is 2.55. The van der Waals surface area contributed by atoms with Crippen LogP contribution in [-0.4, -0.2) is 17.7 Å². The van der Waals surface area contributed by atoms with Gasteiger partial charge in [0, 0.05) is 11.8 Å². The molecule has 0 spiro atoms. The Morgan fingerprint density at radius 2 is 1.59 bits per heavy atom. The normalized spacial score (nSPS) is 11.9. The number of carbonyl (C=O) groups excluding carboxylic acids is 1. The lowest BCUT2D eigenvalue weighted by Gasteiger charge is -2.13. The molecule has 1 N–H and O–H groups in total. The molecule has 0 radical (unpaired) electrons. The van der Waals surface area contributed by atoms with Crippen LogP contribution in [0.25, 0.3) is 0 Å². The van der Waals surface area contributed by atoms with Crippen molar-refractivity contribution in [3.05, 3.63) is 71.8 Å². The van der Waals surface area contributed by atoms with E-state index in [0.29, 0.717) is 5.75 Å². The molecule has 0 aliphatic carbocycles. The van der Waals surface area contributed by atoms with Gasteiger partial charge in [-0.25, -0.2) is 0 Å². The summed E-state index contributed by atoms with van der Waals surface area (Å²) in [5, 5.41) is 3.08. The Balaban J connectivity index is 1.62. The van der Waals surface area contributed by atoms with Crippen molar-refractivity contribution >= 4 is 17.7 Å². The molecule has 1 atom stereocenters. The number of hydrogen-bond donors (Lipinski definition) is 1. The predicted molar refractivity (Wildman–Crippen MR) is 95.0 cm³/mol. The number of rotatable bonds is 8. The van der Waals surface area contributed by atoms with Crippen LogP contribution in [0, 0.1) is 0 Å². The summed E-state index contributed by atoms with van der Waals surface area (Å²) in [7, 11) is 0. The fourth-order valence-corrected chi connectivity index (χ4v) is 3.05. The van der Waals surface area contributed by atoms with Crippen LogP contribution in [0.2, 0.25) is 0 Å². The maximum Gasteiger partial charge on any atom is 0.230 e. The third-order valence-electron chi connectivity index (χ3n) is 3.46. The van der Waals surface area contributed by atoms with E-state index in [1.54, 1.807) is 11.8 Å². The van der Waals surface area contributed by atoms with Crippen molar-refractivity contribution < 1.29 is 4.79 Å². The number of nitrogens with one attached hydrogen (secondary N) is 1. The van der Waals surface area contributed by atoms with E-state index in [9.17, 15) is 4.79 Å². The minimum atomic E-state index is 0.126. The number of hydrogen-bond acceptors (Lipinski definition) is 2. The molecule has 116 valence electrons. The molecule has 0 aliphatic heterocycles. The molecule has 0 heterocycles. The second-order valence-corrected chi connectivity index (χ2v) is 6.46. The molecular weight excluding hydrogens is 290 g/mol. The minimum absolute atomic E-state index is 0.126. The zero-order valence-corrected chi connectivity index (χ0v) is 13.8. The smallest absolute Gasteiger partial charge is 0.230 e. The monoisotopic (exact) mass is 313 g/mol. The molecule has 0 saturated carbocycles. The molecule has 2 aromatic carbocycles. The highest BCUT2D eigenvalue weighted by Gasteiger charge is 2.07. The van der Waals surface area contributed by atoms with E-state index in [0.717, 1.165) is 18.6 Å². The lowest BCUT2D eigenvalue weighted by Crippen LogP contribution is -2.34. The Morgan fingerprint density at radius 1 is 1.00 bits per heavy atom. The third kappa shape index (κ3) is 6.35. The van der Waals surface area contributed by atoms with Crippen molar-refractivity contribution in [1.82, 2.24) is 5.32 Å². The van der Waals surface area contributed by atoms with Gasteiger partial charge in [-0.3, -0.25) is 4.79 Å². The van der Waals surface area contributed by atoms with Crippen LogP contribution >= 0.6 is 11.8 Å². The summed E-state index contributed by atoms with van der Waals surface area (Å²) in [6, 6.07) is 20.9. The van der Waals surface area contributed by atoms with E-state index in [4.69, 9.17) is 0 Å². The summed E-state index contributed by atoms with van der Waals surface area (Å²) in [5.41, 5.74) is 2.58. The Morgan fingerprint density at radius 3 is 2.23 bits per heavy atom. The number of amides is 1. The highest BCUT2D eigenvalue weighted by molar-refractivity contribution is 7.99. The Labute approximate surface area is 137 Å². The van der Waals surface area contributed by atoms with Gasteiger partial charge in [-0.05, 0) is 30.9 Å². The molecule has 0 aliphatic rings. The molecule has 0 saturated heterocycles. The van der Waals surface area contributed by atoms with E-state index in [2.05, 4.69) is 48.6 Å². The SMILES string of the molecule is C[C@H](CCc1ccccc1)NC(=O)CSCc1ccccc1. The number of carbonyl (C=O) groups is 1. The van der Waals surface area contributed by atoms with Crippen LogP contribution in [0.15, 0.2) is 60.7 Å². The van der Waals surface area contributed by atoms with E-state index in [1.165, 1.54) is 11.1 Å². The van der Waals surface area contributed by atoms with Gasteiger partial charge in [0.15, 0.2) is 0 Å². The Bertz CT molecular complexity index is 556. The zero-order valence-electron chi connectivity index (χ0n) is 13.0. The van der Waals surface area contributed by atoms with E-state index < -0.39 is 0 Å². The molecule has 2 rings (SSSR count). The molecule has 0 aromatic heterocycles. The van der Waals surface area contributed by atoms with E-state index >= 15 is 0 Å². The Kier molecular flexibility index (Phi) is 7.04. The lowest BCUT2D eigenvalue weighted by molar-refractivity contribution is -0.119. The van der Waals surface area contributed by atoms with Crippen molar-refractivity contribution in [1.29, 1.82) is 0 Å². The molecule has 22 heavy (non-hydrogen) atoms. The molecule has 2 aromatic rings. The van der Waals surface area contributed by atoms with Gasteiger partial charge < -0.3 is 5.32 Å². The molecule has 2 nitrogen and oxygen atoms in total. The average molecular weight is 313 g/mol. The first-order valence-electron chi connectivity index (χ1n) is 7.69. The first-order valence-corrected chi connectivity index (χ1v) is 8.84. The standard InChI is InChI=1S/C19H23NOS/c1-16(12-13-17-8-4-2-5-9-17)20-19(21)15-22-14-18-10-6-3-7-11-18/h2-11,16H,12-15H2,1H3,(H,20,21)/t16-/m1/s1. The fourth-order valence-electron chi connectivity index (χ4n) is 2.25. The minimum Gasteiger partial charge on any atom is -0.353 e. The molecule has 3 heteroatoms. The van der Waals surface area contributed by atoms with Crippen LogP contribution in [0.5, 0.6) is 0 Å². The fraction of sp³-hybridized carbons (Fsp3) is 0.316. The van der Waals surface area contributed by atoms with Gasteiger partial charge in [-0.1, -0.05) is 60.7 Å². The van der Waals surface area contributed by atoms with Crippen LogP contribution in [0.4, 0.5) is 0 Å². The van der Waals surface area contributed by atoms with Crippen LogP contribution in [0.3, 0.4) is 0 Å². The zero-order chi connectivity index (χ0) is 15.6. The maximum absolute atomic E-state index is 11.9. The molecule has 0 bridgehead atoms. The van der Waals surface area contributed by atoms with Gasteiger partial charge in [0.05, 0.1) is 5.75 Å². The quantitative estimate of drug-likeness (QED) is 0.796. The molecule has 0 fully saturated rings. The number of thioether (sulfide) groups is 1. The summed E-state index contributed by atoms with van der Waals surface area (Å²) in [5.74, 6) is 1.53. The van der Waals surface area contributed by atoms with Gasteiger partial charge in [-0.2, -0.15) is 0 Å². The van der Waals surface area contributed by atoms with Crippen molar-refractivity contribution in [3.8, 4) is 0 Å². The summed E-state index contributed by atoms with van der Waals surface area (Å²) >= 11 is 1.66. The first kappa shape index (κ1) is 16.6. The second kappa shape index (κ2) is 9.31. The van der Waals surface area contributed by atoms with Gasteiger partial charge >= 0.3 is 0 Å².